The van der Waals surface area contributed by atoms with Crippen molar-refractivity contribution in [3.8, 4) is 0 Å². The average Bonchev–Trinajstić information content (AvgIpc) is 2.95. The Morgan fingerprint density at radius 2 is 2.10 bits per heavy atom. The second kappa shape index (κ2) is 8.87. The lowest BCUT2D eigenvalue weighted by atomic mass is 9.89. The molecule has 4 heteroatoms. The van der Waals surface area contributed by atoms with Gasteiger partial charge in [-0.1, -0.05) is 29.8 Å². The third-order valence-corrected chi connectivity index (χ3v) is 6.92. The predicted molar refractivity (Wildman–Crippen MR) is 124 cm³/mol. The highest BCUT2D eigenvalue weighted by Gasteiger charge is 2.32. The fourth-order valence-electron chi connectivity index (χ4n) is 5.17. The Bertz CT molecular complexity index is 1010. The normalized spacial score (nSPS) is 25.0. The van der Waals surface area contributed by atoms with Crippen LogP contribution in [0.4, 0.5) is 0 Å². The first-order chi connectivity index (χ1) is 14.8. The highest BCUT2D eigenvalue weighted by molar-refractivity contribution is 6.30. The lowest BCUT2D eigenvalue weighted by Crippen LogP contribution is -2.39. The second-order valence-corrected chi connectivity index (χ2v) is 9.10. The van der Waals surface area contributed by atoms with Gasteiger partial charge in [-0.3, -0.25) is 14.9 Å². The fourth-order valence-corrected chi connectivity index (χ4v) is 5.37. The van der Waals surface area contributed by atoms with E-state index in [1.165, 1.54) is 40.8 Å². The number of allylic oxidation sites excluding steroid dienone is 3. The Morgan fingerprint density at radius 1 is 1.17 bits per heavy atom. The van der Waals surface area contributed by atoms with Gasteiger partial charge in [0.05, 0.1) is 11.7 Å². The van der Waals surface area contributed by atoms with Gasteiger partial charge in [0.2, 0.25) is 0 Å². The van der Waals surface area contributed by atoms with Gasteiger partial charge < -0.3 is 0 Å². The molecule has 3 aliphatic rings. The third kappa shape index (κ3) is 4.14. The molecule has 1 unspecified atom stereocenters. The number of aliphatic imine (C=N–C) groups is 1. The minimum absolute atomic E-state index is 0.230. The number of likely N-dealkylation sites (tertiary alicyclic amines) is 1. The molecule has 30 heavy (non-hydrogen) atoms. The number of aryl methyl sites for hydroxylation is 2. The molecule has 2 aliphatic heterocycles. The first-order valence-electron chi connectivity index (χ1n) is 11.1. The second-order valence-electron chi connectivity index (χ2n) is 8.66. The number of fused-ring (bicyclic) bond motifs is 2. The lowest BCUT2D eigenvalue weighted by molar-refractivity contribution is 0.140. The van der Waals surface area contributed by atoms with Crippen molar-refractivity contribution in [3.05, 3.63) is 87.9 Å². The zero-order valence-corrected chi connectivity index (χ0v) is 18.1. The van der Waals surface area contributed by atoms with E-state index in [0.717, 1.165) is 43.8 Å². The van der Waals surface area contributed by atoms with Crippen molar-refractivity contribution in [2.75, 3.05) is 13.1 Å². The average molecular weight is 418 g/mol. The van der Waals surface area contributed by atoms with Crippen LogP contribution < -0.4 is 0 Å². The summed E-state index contributed by atoms with van der Waals surface area (Å²) in [5.74, 6) is 0.685. The summed E-state index contributed by atoms with van der Waals surface area (Å²) >= 11 is 6.36. The van der Waals surface area contributed by atoms with E-state index in [4.69, 9.17) is 16.6 Å². The number of hydrogen-bond donors (Lipinski definition) is 0. The van der Waals surface area contributed by atoms with Crippen LogP contribution in [0, 0.1) is 5.92 Å². The molecule has 0 bridgehead atoms. The SMILES string of the molecule is Clc1ccc2c(c1)CCc1cccnc1C2N1CCC[C@H](C/C=C2\C=CN=CC2)C1. The van der Waals surface area contributed by atoms with Crippen molar-refractivity contribution < 1.29 is 0 Å². The number of aromatic nitrogens is 1. The van der Waals surface area contributed by atoms with E-state index in [1.54, 1.807) is 0 Å². The number of rotatable bonds is 3. The number of piperidine rings is 1. The van der Waals surface area contributed by atoms with Crippen molar-refractivity contribution in [1.82, 2.24) is 9.88 Å². The topological polar surface area (TPSA) is 28.5 Å². The van der Waals surface area contributed by atoms with Gasteiger partial charge in [-0.25, -0.2) is 0 Å². The molecule has 5 rings (SSSR count). The summed E-state index contributed by atoms with van der Waals surface area (Å²) in [7, 11) is 0. The van der Waals surface area contributed by atoms with Gasteiger partial charge in [-0.15, -0.1) is 0 Å². The molecular weight excluding hydrogens is 390 g/mol. The number of nitrogens with zero attached hydrogens (tertiary/aromatic N) is 3. The standard InChI is InChI=1S/C26H28ClN3/c27-23-9-10-24-22(17-23)8-7-21-4-1-13-29-25(21)26(24)30-16-2-3-20(18-30)6-5-19-11-14-28-15-12-19/h1,4-5,9-11,13-15,17,20,26H,2-3,6-8,12,16,18H2/b19-5+/t20-,26?/m1/s1. The largest absolute Gasteiger partial charge is 0.291 e. The number of benzene rings is 1. The van der Waals surface area contributed by atoms with Crippen LogP contribution in [-0.4, -0.2) is 29.2 Å². The van der Waals surface area contributed by atoms with Crippen LogP contribution in [0.25, 0.3) is 0 Å². The van der Waals surface area contributed by atoms with Crippen LogP contribution in [0.15, 0.2) is 65.4 Å². The van der Waals surface area contributed by atoms with Gasteiger partial charge in [0.1, 0.15) is 0 Å². The van der Waals surface area contributed by atoms with Crippen LogP contribution in [0.3, 0.4) is 0 Å². The zero-order chi connectivity index (χ0) is 20.3. The molecule has 0 spiro atoms. The highest BCUT2D eigenvalue weighted by Crippen LogP contribution is 2.39. The molecule has 2 atom stereocenters. The summed E-state index contributed by atoms with van der Waals surface area (Å²) in [4.78, 5) is 11.7. The summed E-state index contributed by atoms with van der Waals surface area (Å²) in [6.07, 6.45) is 17.1. The number of halogens is 1. The minimum Gasteiger partial charge on any atom is -0.291 e. The molecule has 0 radical (unpaired) electrons. The van der Waals surface area contributed by atoms with Crippen molar-refractivity contribution in [3.63, 3.8) is 0 Å². The molecule has 3 heterocycles. The van der Waals surface area contributed by atoms with E-state index in [2.05, 4.69) is 46.3 Å². The number of pyridine rings is 1. The Labute approximate surface area is 184 Å². The van der Waals surface area contributed by atoms with Crippen LogP contribution in [0.5, 0.6) is 0 Å². The fraction of sp³-hybridized carbons (Fsp3) is 0.385. The van der Waals surface area contributed by atoms with Crippen molar-refractivity contribution in [1.29, 1.82) is 0 Å². The van der Waals surface area contributed by atoms with Gasteiger partial charge in [-0.2, -0.15) is 0 Å². The molecular formula is C26H28ClN3. The van der Waals surface area contributed by atoms with Crippen LogP contribution in [-0.2, 0) is 12.8 Å². The Kier molecular flexibility index (Phi) is 5.83. The molecule has 2 aromatic rings. The molecule has 1 aliphatic carbocycles. The summed E-state index contributed by atoms with van der Waals surface area (Å²) in [6, 6.07) is 11.0. The molecule has 1 aromatic carbocycles. The molecule has 1 fully saturated rings. The zero-order valence-electron chi connectivity index (χ0n) is 17.3. The van der Waals surface area contributed by atoms with Crippen LogP contribution >= 0.6 is 11.6 Å². The first kappa shape index (κ1) is 19.7. The number of hydrogen-bond acceptors (Lipinski definition) is 3. The Balaban J connectivity index is 1.43. The van der Waals surface area contributed by atoms with E-state index in [1.807, 2.05) is 24.7 Å². The quantitative estimate of drug-likeness (QED) is 0.618. The molecule has 0 saturated carbocycles. The van der Waals surface area contributed by atoms with E-state index in [-0.39, 0.29) is 6.04 Å². The molecule has 0 N–H and O–H groups in total. The lowest BCUT2D eigenvalue weighted by Gasteiger charge is -2.39. The van der Waals surface area contributed by atoms with Gasteiger partial charge in [0.15, 0.2) is 0 Å². The van der Waals surface area contributed by atoms with E-state index in [9.17, 15) is 0 Å². The van der Waals surface area contributed by atoms with Crippen LogP contribution in [0.1, 0.15) is 54.1 Å². The molecule has 1 saturated heterocycles. The Morgan fingerprint density at radius 3 is 3.00 bits per heavy atom. The maximum Gasteiger partial charge on any atom is 0.0782 e. The van der Waals surface area contributed by atoms with Crippen molar-refractivity contribution in [2.45, 2.75) is 44.6 Å². The predicted octanol–water partition coefficient (Wildman–Crippen LogP) is 5.94. The van der Waals surface area contributed by atoms with Gasteiger partial charge in [0.25, 0.3) is 0 Å². The monoisotopic (exact) mass is 417 g/mol. The van der Waals surface area contributed by atoms with Gasteiger partial charge in [0, 0.05) is 36.6 Å². The van der Waals surface area contributed by atoms with Gasteiger partial charge in [-0.05, 0) is 91.1 Å². The molecule has 0 amide bonds. The van der Waals surface area contributed by atoms with Crippen molar-refractivity contribution in [2.24, 2.45) is 10.9 Å². The molecule has 3 nitrogen and oxygen atoms in total. The maximum absolute atomic E-state index is 6.36. The van der Waals surface area contributed by atoms with Crippen LogP contribution in [0.2, 0.25) is 5.02 Å². The highest BCUT2D eigenvalue weighted by atomic mass is 35.5. The van der Waals surface area contributed by atoms with E-state index in [0.29, 0.717) is 5.92 Å². The van der Waals surface area contributed by atoms with E-state index >= 15 is 0 Å². The smallest absolute Gasteiger partial charge is 0.0782 e. The molecule has 154 valence electrons. The third-order valence-electron chi connectivity index (χ3n) is 6.68. The van der Waals surface area contributed by atoms with Crippen molar-refractivity contribution >= 4 is 17.8 Å². The van der Waals surface area contributed by atoms with E-state index < -0.39 is 0 Å². The maximum atomic E-state index is 6.36. The van der Waals surface area contributed by atoms with Gasteiger partial charge >= 0.3 is 0 Å². The summed E-state index contributed by atoms with van der Waals surface area (Å²) in [6.45, 7) is 2.24. The summed E-state index contributed by atoms with van der Waals surface area (Å²) < 4.78 is 0. The summed E-state index contributed by atoms with van der Waals surface area (Å²) in [5.41, 5.74) is 6.78. The Hall–Kier alpha value is -2.23. The molecule has 1 aromatic heterocycles. The minimum atomic E-state index is 0.230. The summed E-state index contributed by atoms with van der Waals surface area (Å²) in [5, 5.41) is 0.832. The first-order valence-corrected chi connectivity index (χ1v) is 11.5.